The monoisotopic (exact) mass is 263 g/mol. The van der Waals surface area contributed by atoms with Gasteiger partial charge in [0, 0.05) is 17.0 Å². The largest absolute Gasteiger partial charge is 0.323 e. The van der Waals surface area contributed by atoms with Crippen LogP contribution in [0.1, 0.15) is 30.0 Å². The van der Waals surface area contributed by atoms with Crippen LogP contribution in [-0.4, -0.2) is 0 Å². The van der Waals surface area contributed by atoms with E-state index in [2.05, 4.69) is 0 Å². The zero-order valence-corrected chi connectivity index (χ0v) is 10.9. The molecule has 3 heteroatoms. The summed E-state index contributed by atoms with van der Waals surface area (Å²) in [5.74, 6) is -0.240. The van der Waals surface area contributed by atoms with Crippen molar-refractivity contribution in [3.8, 4) is 0 Å². The summed E-state index contributed by atoms with van der Waals surface area (Å²) >= 11 is 6.08. The number of hydrogen-bond acceptors (Lipinski definition) is 1. The molecule has 0 radical (unpaired) electrons. The van der Waals surface area contributed by atoms with Crippen LogP contribution < -0.4 is 5.73 Å². The van der Waals surface area contributed by atoms with Gasteiger partial charge in [-0.05, 0) is 29.3 Å². The Hall–Kier alpha value is -1.38. The van der Waals surface area contributed by atoms with Gasteiger partial charge in [-0.2, -0.15) is 0 Å². The van der Waals surface area contributed by atoms with Gasteiger partial charge in [0.05, 0.1) is 0 Å². The van der Waals surface area contributed by atoms with Crippen molar-refractivity contribution in [2.75, 3.05) is 0 Å². The number of halogens is 2. The molecule has 0 saturated heterocycles. The summed E-state index contributed by atoms with van der Waals surface area (Å²) in [6.45, 7) is 2.02. The summed E-state index contributed by atoms with van der Waals surface area (Å²) in [5, 5.41) is 0.506. The lowest BCUT2D eigenvalue weighted by Gasteiger charge is -2.21. The van der Waals surface area contributed by atoms with Gasteiger partial charge in [0.25, 0.3) is 0 Å². The minimum absolute atomic E-state index is 0.0745. The highest BCUT2D eigenvalue weighted by Gasteiger charge is 2.19. The maximum Gasteiger partial charge on any atom is 0.123 e. The molecule has 2 aromatic rings. The van der Waals surface area contributed by atoms with Crippen LogP contribution in [0.15, 0.2) is 48.5 Å². The fourth-order valence-corrected chi connectivity index (χ4v) is 2.25. The molecule has 2 N–H and O–H groups in total. The zero-order chi connectivity index (χ0) is 13.1. The number of benzene rings is 2. The van der Waals surface area contributed by atoms with Crippen molar-refractivity contribution in [1.82, 2.24) is 0 Å². The van der Waals surface area contributed by atoms with E-state index in [1.807, 2.05) is 37.3 Å². The molecule has 0 aliphatic rings. The van der Waals surface area contributed by atoms with E-state index in [-0.39, 0.29) is 17.8 Å². The van der Waals surface area contributed by atoms with Crippen LogP contribution in [0.3, 0.4) is 0 Å². The van der Waals surface area contributed by atoms with Gasteiger partial charge >= 0.3 is 0 Å². The van der Waals surface area contributed by atoms with Gasteiger partial charge in [-0.3, -0.25) is 0 Å². The molecule has 18 heavy (non-hydrogen) atoms. The number of nitrogens with two attached hydrogens (primary N) is 1. The Labute approximate surface area is 111 Å². The van der Waals surface area contributed by atoms with Crippen molar-refractivity contribution in [2.45, 2.75) is 18.9 Å². The SMILES string of the molecule is CC(c1ccccc1)C(N)c1cc(F)ccc1Cl. The highest BCUT2D eigenvalue weighted by molar-refractivity contribution is 6.31. The van der Waals surface area contributed by atoms with Gasteiger partial charge in [-0.15, -0.1) is 0 Å². The first-order chi connectivity index (χ1) is 8.59. The van der Waals surface area contributed by atoms with Crippen molar-refractivity contribution in [2.24, 2.45) is 5.73 Å². The average Bonchev–Trinajstić information content (AvgIpc) is 2.41. The molecule has 2 aromatic carbocycles. The molecule has 2 unspecified atom stereocenters. The molecular weight excluding hydrogens is 249 g/mol. The first kappa shape index (κ1) is 13.1. The number of rotatable bonds is 3. The maximum absolute atomic E-state index is 13.3. The van der Waals surface area contributed by atoms with Gasteiger partial charge in [0.15, 0.2) is 0 Å². The molecule has 0 amide bonds. The predicted molar refractivity (Wildman–Crippen MR) is 73.2 cm³/mol. The summed E-state index contributed by atoms with van der Waals surface area (Å²) in [5.41, 5.74) is 7.95. The van der Waals surface area contributed by atoms with Crippen LogP contribution in [-0.2, 0) is 0 Å². The van der Waals surface area contributed by atoms with Crippen LogP contribution >= 0.6 is 11.6 Å². The van der Waals surface area contributed by atoms with E-state index in [4.69, 9.17) is 17.3 Å². The van der Waals surface area contributed by atoms with Crippen LogP contribution in [0.5, 0.6) is 0 Å². The van der Waals surface area contributed by atoms with Gasteiger partial charge in [-0.1, -0.05) is 48.9 Å². The van der Waals surface area contributed by atoms with Crippen molar-refractivity contribution in [3.63, 3.8) is 0 Å². The van der Waals surface area contributed by atoms with Crippen molar-refractivity contribution in [1.29, 1.82) is 0 Å². The second kappa shape index (κ2) is 5.51. The number of hydrogen-bond donors (Lipinski definition) is 1. The van der Waals surface area contributed by atoms with Gasteiger partial charge in [0.1, 0.15) is 5.82 Å². The van der Waals surface area contributed by atoms with E-state index in [9.17, 15) is 4.39 Å². The van der Waals surface area contributed by atoms with Gasteiger partial charge in [0.2, 0.25) is 0 Å². The lowest BCUT2D eigenvalue weighted by atomic mass is 9.89. The molecule has 2 atom stereocenters. The first-order valence-electron chi connectivity index (χ1n) is 5.85. The van der Waals surface area contributed by atoms with E-state index >= 15 is 0 Å². The molecule has 0 aliphatic heterocycles. The Kier molecular flexibility index (Phi) is 4.00. The second-order valence-electron chi connectivity index (χ2n) is 4.39. The smallest absolute Gasteiger partial charge is 0.123 e. The Balaban J connectivity index is 2.31. The maximum atomic E-state index is 13.3. The van der Waals surface area contributed by atoms with Gasteiger partial charge < -0.3 is 5.73 Å². The summed E-state index contributed by atoms with van der Waals surface area (Å²) in [6, 6.07) is 13.9. The van der Waals surface area contributed by atoms with E-state index < -0.39 is 0 Å². The lowest BCUT2D eigenvalue weighted by Crippen LogP contribution is -2.18. The van der Waals surface area contributed by atoms with Crippen molar-refractivity contribution in [3.05, 3.63) is 70.5 Å². The summed E-state index contributed by atoms with van der Waals surface area (Å²) in [4.78, 5) is 0. The van der Waals surface area contributed by atoms with E-state index in [0.29, 0.717) is 10.6 Å². The summed E-state index contributed by atoms with van der Waals surface area (Å²) in [6.07, 6.45) is 0. The highest BCUT2D eigenvalue weighted by atomic mass is 35.5. The Bertz CT molecular complexity index is 527. The van der Waals surface area contributed by atoms with Crippen LogP contribution in [0.25, 0.3) is 0 Å². The molecule has 0 heterocycles. The molecule has 0 saturated carbocycles. The van der Waals surface area contributed by atoms with E-state index in [0.717, 1.165) is 5.56 Å². The fourth-order valence-electron chi connectivity index (χ4n) is 2.00. The highest BCUT2D eigenvalue weighted by Crippen LogP contribution is 2.32. The molecule has 94 valence electrons. The third-order valence-corrected chi connectivity index (χ3v) is 3.53. The van der Waals surface area contributed by atoms with Crippen molar-refractivity contribution >= 4 is 11.6 Å². The molecule has 1 nitrogen and oxygen atoms in total. The average molecular weight is 264 g/mol. The standard InChI is InChI=1S/C15H15ClFN/c1-10(11-5-3-2-4-6-11)15(18)13-9-12(17)7-8-14(13)16/h2-10,15H,18H2,1H3. The van der Waals surface area contributed by atoms with Crippen LogP contribution in [0, 0.1) is 5.82 Å². The predicted octanol–water partition coefficient (Wildman–Crippen LogP) is 4.28. The Morgan fingerprint density at radius 2 is 1.78 bits per heavy atom. The normalized spacial score (nSPS) is 14.2. The minimum Gasteiger partial charge on any atom is -0.323 e. The van der Waals surface area contributed by atoms with E-state index in [1.54, 1.807) is 6.07 Å². The van der Waals surface area contributed by atoms with E-state index in [1.165, 1.54) is 12.1 Å². The lowest BCUT2D eigenvalue weighted by molar-refractivity contribution is 0.583. The topological polar surface area (TPSA) is 26.0 Å². The molecule has 0 aromatic heterocycles. The fraction of sp³-hybridized carbons (Fsp3) is 0.200. The third-order valence-electron chi connectivity index (χ3n) is 3.18. The van der Waals surface area contributed by atoms with Crippen LogP contribution in [0.4, 0.5) is 4.39 Å². The summed E-state index contributed by atoms with van der Waals surface area (Å²) < 4.78 is 13.3. The molecular formula is C15H15ClFN. The minimum atomic E-state index is -0.324. The van der Waals surface area contributed by atoms with Crippen LogP contribution in [0.2, 0.25) is 5.02 Å². The quantitative estimate of drug-likeness (QED) is 0.879. The Morgan fingerprint density at radius 1 is 1.11 bits per heavy atom. The first-order valence-corrected chi connectivity index (χ1v) is 6.23. The van der Waals surface area contributed by atoms with Gasteiger partial charge in [-0.25, -0.2) is 4.39 Å². The Morgan fingerprint density at radius 3 is 2.44 bits per heavy atom. The molecule has 0 fully saturated rings. The molecule has 0 bridgehead atoms. The zero-order valence-electron chi connectivity index (χ0n) is 10.1. The molecule has 2 rings (SSSR count). The molecule has 0 aliphatic carbocycles. The second-order valence-corrected chi connectivity index (χ2v) is 4.80. The van der Waals surface area contributed by atoms with Crippen molar-refractivity contribution < 1.29 is 4.39 Å². The summed E-state index contributed by atoms with van der Waals surface area (Å²) in [7, 11) is 0. The third kappa shape index (κ3) is 2.71. The molecule has 0 spiro atoms.